The van der Waals surface area contributed by atoms with E-state index in [1.165, 1.54) is 17.5 Å². The van der Waals surface area contributed by atoms with Crippen molar-refractivity contribution in [2.45, 2.75) is 27.7 Å². The summed E-state index contributed by atoms with van der Waals surface area (Å²) in [5.41, 5.74) is 5.23. The van der Waals surface area contributed by atoms with Crippen LogP contribution in [0.4, 0.5) is 22.3 Å². The molecule has 8 nitrogen and oxygen atoms in total. The first-order chi connectivity index (χ1) is 16.7. The van der Waals surface area contributed by atoms with Crippen LogP contribution >= 0.6 is 11.3 Å². The van der Waals surface area contributed by atoms with Crippen LogP contribution in [0.1, 0.15) is 42.3 Å². The normalized spacial score (nSPS) is 10.6. The summed E-state index contributed by atoms with van der Waals surface area (Å²) in [6.45, 7) is 7.50. The van der Waals surface area contributed by atoms with Gasteiger partial charge in [0.05, 0.1) is 23.8 Å². The molecule has 0 atom stereocenters. The van der Waals surface area contributed by atoms with Crippen molar-refractivity contribution in [3.05, 3.63) is 87.6 Å². The molecular formula is C26H25N5O3S. The maximum Gasteiger partial charge on any atom is 0.267 e. The van der Waals surface area contributed by atoms with Crippen LogP contribution in [-0.4, -0.2) is 26.9 Å². The molecule has 35 heavy (non-hydrogen) atoms. The number of thiazole rings is 1. The van der Waals surface area contributed by atoms with E-state index in [4.69, 9.17) is 0 Å². The van der Waals surface area contributed by atoms with E-state index in [1.807, 2.05) is 39.0 Å². The predicted octanol–water partition coefficient (Wildman–Crippen LogP) is 5.73. The van der Waals surface area contributed by atoms with Crippen LogP contribution < -0.4 is 16.0 Å². The molecule has 4 aromatic rings. The first-order valence-electron chi connectivity index (χ1n) is 10.9. The molecule has 4 N–H and O–H groups in total. The molecule has 0 aliphatic heterocycles. The van der Waals surface area contributed by atoms with Crippen molar-refractivity contribution in [2.24, 2.45) is 0 Å². The van der Waals surface area contributed by atoms with Gasteiger partial charge in [0, 0.05) is 11.1 Å². The molecule has 0 saturated heterocycles. The quantitative estimate of drug-likeness (QED) is 0.276. The van der Waals surface area contributed by atoms with Crippen LogP contribution in [0.25, 0.3) is 0 Å². The van der Waals surface area contributed by atoms with Crippen molar-refractivity contribution in [2.75, 3.05) is 16.0 Å². The fraction of sp³-hybridized carbons (Fsp3) is 0.154. The lowest BCUT2D eigenvalue weighted by molar-refractivity contribution is 0.102. The highest BCUT2D eigenvalue weighted by molar-refractivity contribution is 7.17. The molecule has 0 saturated carbocycles. The third-order valence-corrected chi connectivity index (χ3v) is 6.41. The highest BCUT2D eigenvalue weighted by Gasteiger charge is 2.15. The minimum absolute atomic E-state index is 0.122. The number of carbonyl (C=O) groups is 2. The molecule has 2 aromatic heterocycles. The molecule has 0 aliphatic carbocycles. The molecule has 178 valence electrons. The smallest absolute Gasteiger partial charge is 0.267 e. The number of hydrogen-bond donors (Lipinski definition) is 4. The second kappa shape index (κ2) is 9.94. The average Bonchev–Trinajstić information content (AvgIpc) is 3.29. The van der Waals surface area contributed by atoms with Gasteiger partial charge in [-0.05, 0) is 63.1 Å². The molecule has 0 bridgehead atoms. The Kier molecular flexibility index (Phi) is 6.79. The van der Waals surface area contributed by atoms with Crippen molar-refractivity contribution >= 4 is 45.5 Å². The van der Waals surface area contributed by atoms with Crippen molar-refractivity contribution in [1.82, 2.24) is 9.97 Å². The topological polar surface area (TPSA) is 116 Å². The maximum absolute atomic E-state index is 12.7. The number of rotatable bonds is 6. The molecule has 2 aromatic carbocycles. The summed E-state index contributed by atoms with van der Waals surface area (Å²) < 4.78 is 0. The zero-order valence-electron chi connectivity index (χ0n) is 19.8. The lowest BCUT2D eigenvalue weighted by atomic mass is 10.1. The largest absolute Gasteiger partial charge is 0.508 e. The van der Waals surface area contributed by atoms with Gasteiger partial charge in [-0.25, -0.2) is 9.97 Å². The molecule has 9 heteroatoms. The van der Waals surface area contributed by atoms with Gasteiger partial charge in [-0.3, -0.25) is 9.59 Å². The number of amides is 2. The standard InChI is InChI=1S/C26H25N5O3S/c1-14-5-8-19(16(3)11-14)24(33)29-18-7-10-22(27-12-18)30-26-28-13-21(35-26)25(34)31-23-15(2)6-9-20(32)17(23)4/h5-13,32H,1-4H3,(H,29,33)(H,31,34)(H,27,28,30). The average molecular weight is 488 g/mol. The lowest BCUT2D eigenvalue weighted by Gasteiger charge is -2.11. The highest BCUT2D eigenvalue weighted by Crippen LogP contribution is 2.29. The zero-order valence-corrected chi connectivity index (χ0v) is 20.6. The molecule has 0 aliphatic rings. The van der Waals surface area contributed by atoms with E-state index in [1.54, 1.807) is 37.4 Å². The number of aryl methyl sites for hydroxylation is 3. The Morgan fingerprint density at radius 3 is 2.37 bits per heavy atom. The van der Waals surface area contributed by atoms with Crippen molar-refractivity contribution in [3.63, 3.8) is 0 Å². The summed E-state index contributed by atoms with van der Waals surface area (Å²) in [6.07, 6.45) is 3.03. The van der Waals surface area contributed by atoms with Gasteiger partial charge >= 0.3 is 0 Å². The van der Waals surface area contributed by atoms with E-state index < -0.39 is 0 Å². The number of nitrogens with one attached hydrogen (secondary N) is 3. The second-order valence-corrected chi connectivity index (χ2v) is 9.25. The van der Waals surface area contributed by atoms with Crippen LogP contribution in [0.5, 0.6) is 5.75 Å². The van der Waals surface area contributed by atoms with E-state index in [-0.39, 0.29) is 17.6 Å². The van der Waals surface area contributed by atoms with Crippen LogP contribution in [0, 0.1) is 27.7 Å². The number of nitrogens with zero attached hydrogens (tertiary/aromatic N) is 2. The number of anilines is 4. The summed E-state index contributed by atoms with van der Waals surface area (Å²) in [5.74, 6) is 0.135. The molecular weight excluding hydrogens is 462 g/mol. The fourth-order valence-electron chi connectivity index (χ4n) is 3.56. The van der Waals surface area contributed by atoms with Crippen LogP contribution in [-0.2, 0) is 0 Å². The Morgan fingerprint density at radius 1 is 0.857 bits per heavy atom. The molecule has 0 unspecified atom stereocenters. The molecule has 4 rings (SSSR count). The van der Waals surface area contributed by atoms with E-state index in [0.29, 0.717) is 38.3 Å². The number of phenolic OH excluding ortho intramolecular Hbond substituents is 1. The third-order valence-electron chi connectivity index (χ3n) is 5.50. The first kappa shape index (κ1) is 23.9. The van der Waals surface area contributed by atoms with E-state index in [0.717, 1.165) is 16.7 Å². The molecule has 2 amide bonds. The van der Waals surface area contributed by atoms with Gasteiger partial charge in [-0.2, -0.15) is 0 Å². The van der Waals surface area contributed by atoms with Crippen molar-refractivity contribution in [3.8, 4) is 5.75 Å². The van der Waals surface area contributed by atoms with Gasteiger partial charge in [0.2, 0.25) is 0 Å². The van der Waals surface area contributed by atoms with E-state index >= 15 is 0 Å². The highest BCUT2D eigenvalue weighted by atomic mass is 32.1. The summed E-state index contributed by atoms with van der Waals surface area (Å²) >= 11 is 1.18. The van der Waals surface area contributed by atoms with Crippen LogP contribution in [0.15, 0.2) is 54.9 Å². The number of hydrogen-bond acceptors (Lipinski definition) is 7. The number of aromatic nitrogens is 2. The van der Waals surface area contributed by atoms with Crippen LogP contribution in [0.3, 0.4) is 0 Å². The summed E-state index contributed by atoms with van der Waals surface area (Å²) in [7, 11) is 0. The van der Waals surface area contributed by atoms with Crippen molar-refractivity contribution in [1.29, 1.82) is 0 Å². The van der Waals surface area contributed by atoms with Gasteiger partial charge < -0.3 is 21.1 Å². The SMILES string of the molecule is Cc1ccc(C(=O)Nc2ccc(Nc3ncc(C(=O)Nc4c(C)ccc(O)c4C)s3)nc2)c(C)c1. The summed E-state index contributed by atoms with van der Waals surface area (Å²) in [5, 5.41) is 19.2. The van der Waals surface area contributed by atoms with Crippen molar-refractivity contribution < 1.29 is 14.7 Å². The maximum atomic E-state index is 12.7. The number of benzene rings is 2. The summed E-state index contributed by atoms with van der Waals surface area (Å²) in [6, 6.07) is 12.5. The number of phenols is 1. The van der Waals surface area contributed by atoms with Gasteiger partial charge in [0.25, 0.3) is 11.8 Å². The first-order valence-corrected chi connectivity index (χ1v) is 11.7. The minimum atomic E-state index is -0.315. The molecule has 2 heterocycles. The lowest BCUT2D eigenvalue weighted by Crippen LogP contribution is -2.13. The Morgan fingerprint density at radius 2 is 1.66 bits per heavy atom. The number of aromatic hydroxyl groups is 1. The van der Waals surface area contributed by atoms with E-state index in [2.05, 4.69) is 25.9 Å². The van der Waals surface area contributed by atoms with E-state index in [9.17, 15) is 14.7 Å². The molecule has 0 fully saturated rings. The minimum Gasteiger partial charge on any atom is -0.508 e. The fourth-order valence-corrected chi connectivity index (χ4v) is 4.28. The number of pyridine rings is 1. The third kappa shape index (κ3) is 5.47. The van der Waals surface area contributed by atoms with Gasteiger partial charge in [-0.1, -0.05) is 35.1 Å². The Hall–Kier alpha value is -4.24. The van der Waals surface area contributed by atoms with Gasteiger partial charge in [0.1, 0.15) is 16.4 Å². The molecule has 0 radical (unpaired) electrons. The Labute approximate surface area is 207 Å². The second-order valence-electron chi connectivity index (χ2n) is 8.21. The molecule has 0 spiro atoms. The summed E-state index contributed by atoms with van der Waals surface area (Å²) in [4.78, 5) is 34.2. The zero-order chi connectivity index (χ0) is 25.1. The Bertz CT molecular complexity index is 1410. The monoisotopic (exact) mass is 487 g/mol. The van der Waals surface area contributed by atoms with Gasteiger partial charge in [0.15, 0.2) is 5.13 Å². The number of carbonyl (C=O) groups excluding carboxylic acids is 2. The Balaban J connectivity index is 1.39. The van der Waals surface area contributed by atoms with Gasteiger partial charge in [-0.15, -0.1) is 0 Å². The predicted molar refractivity (Wildman–Crippen MR) is 139 cm³/mol. The van der Waals surface area contributed by atoms with Crippen LogP contribution in [0.2, 0.25) is 0 Å².